The van der Waals surface area contributed by atoms with E-state index in [0.29, 0.717) is 12.5 Å². The van der Waals surface area contributed by atoms with Gasteiger partial charge in [0.1, 0.15) is 0 Å². The summed E-state index contributed by atoms with van der Waals surface area (Å²) in [5, 5.41) is 3.20. The lowest BCUT2D eigenvalue weighted by atomic mass is 10.1. The Labute approximate surface area is 151 Å². The Balaban J connectivity index is 1.60. The van der Waals surface area contributed by atoms with Gasteiger partial charge < -0.3 is 10.6 Å². The largest absolute Gasteiger partial charge is 0.336 e. The van der Waals surface area contributed by atoms with Crippen LogP contribution in [0.4, 0.5) is 0 Å². The molecule has 2 unspecified atom stereocenters. The highest BCUT2D eigenvalue weighted by Gasteiger charge is 2.31. The standard InChI is InChI=1S/C18H23N3OS2/c1-12-7-14(8-19)9-21(12)18(22)15-3-5-17(6-4-15)24-11-16-10-23-13(2)20-16/h3-6,10,12,14H,7-9,11,19H2,1-2H3. The van der Waals surface area contributed by atoms with Gasteiger partial charge in [-0.25, -0.2) is 4.98 Å². The van der Waals surface area contributed by atoms with Crippen molar-refractivity contribution in [3.8, 4) is 0 Å². The van der Waals surface area contributed by atoms with Crippen molar-refractivity contribution in [2.45, 2.75) is 37.0 Å². The molecule has 0 radical (unpaired) electrons. The average Bonchev–Trinajstić information content (AvgIpc) is 3.18. The molecule has 2 heterocycles. The van der Waals surface area contributed by atoms with Crippen LogP contribution in [0.5, 0.6) is 0 Å². The van der Waals surface area contributed by atoms with Gasteiger partial charge in [-0.2, -0.15) is 0 Å². The van der Waals surface area contributed by atoms with E-state index in [1.165, 1.54) is 0 Å². The first-order valence-electron chi connectivity index (χ1n) is 8.21. The molecule has 6 heteroatoms. The predicted molar refractivity (Wildman–Crippen MR) is 101 cm³/mol. The molecule has 24 heavy (non-hydrogen) atoms. The highest BCUT2D eigenvalue weighted by molar-refractivity contribution is 7.98. The molecule has 0 bridgehead atoms. The molecule has 3 rings (SSSR count). The molecule has 2 N–H and O–H groups in total. The number of nitrogens with zero attached hydrogens (tertiary/aromatic N) is 2. The van der Waals surface area contributed by atoms with Gasteiger partial charge in [0.05, 0.1) is 10.7 Å². The second-order valence-corrected chi connectivity index (χ2v) is 8.43. The normalized spacial score (nSPS) is 20.5. The van der Waals surface area contributed by atoms with Gasteiger partial charge in [-0.1, -0.05) is 0 Å². The van der Waals surface area contributed by atoms with E-state index in [2.05, 4.69) is 17.3 Å². The van der Waals surface area contributed by atoms with Crippen LogP contribution >= 0.6 is 23.1 Å². The van der Waals surface area contributed by atoms with Gasteiger partial charge in [0.15, 0.2) is 0 Å². The van der Waals surface area contributed by atoms with Gasteiger partial charge in [0, 0.05) is 34.2 Å². The molecule has 0 spiro atoms. The van der Waals surface area contributed by atoms with Crippen molar-refractivity contribution < 1.29 is 4.79 Å². The van der Waals surface area contributed by atoms with Crippen molar-refractivity contribution in [1.82, 2.24) is 9.88 Å². The molecule has 4 nitrogen and oxygen atoms in total. The lowest BCUT2D eigenvalue weighted by molar-refractivity contribution is 0.0743. The first kappa shape index (κ1) is 17.5. The summed E-state index contributed by atoms with van der Waals surface area (Å²) in [5.41, 5.74) is 7.62. The summed E-state index contributed by atoms with van der Waals surface area (Å²) in [6.45, 7) is 5.55. The lowest BCUT2D eigenvalue weighted by Gasteiger charge is -2.21. The highest BCUT2D eigenvalue weighted by atomic mass is 32.2. The van der Waals surface area contributed by atoms with E-state index in [1.807, 2.05) is 36.1 Å². The van der Waals surface area contributed by atoms with Crippen LogP contribution in [0.25, 0.3) is 0 Å². The second kappa shape index (κ2) is 7.68. The van der Waals surface area contributed by atoms with Crippen molar-refractivity contribution in [1.29, 1.82) is 0 Å². The summed E-state index contributed by atoms with van der Waals surface area (Å²) in [5.74, 6) is 1.41. The quantitative estimate of drug-likeness (QED) is 0.828. The number of rotatable bonds is 5. The molecule has 1 aliphatic rings. The first-order valence-corrected chi connectivity index (χ1v) is 10.1. The third kappa shape index (κ3) is 3.99. The fraction of sp³-hybridized carbons (Fsp3) is 0.444. The zero-order valence-electron chi connectivity index (χ0n) is 14.1. The van der Waals surface area contributed by atoms with E-state index in [4.69, 9.17) is 5.73 Å². The third-order valence-corrected chi connectivity index (χ3v) is 6.28. The number of hydrogen-bond donors (Lipinski definition) is 1. The van der Waals surface area contributed by atoms with Crippen LogP contribution in [-0.4, -0.2) is 34.9 Å². The Morgan fingerprint density at radius 3 is 2.75 bits per heavy atom. The number of aryl methyl sites for hydroxylation is 1. The van der Waals surface area contributed by atoms with Crippen LogP contribution in [0.15, 0.2) is 34.5 Å². The maximum Gasteiger partial charge on any atom is 0.254 e. The molecule has 2 atom stereocenters. The van der Waals surface area contributed by atoms with E-state index in [9.17, 15) is 4.79 Å². The van der Waals surface area contributed by atoms with Crippen LogP contribution in [0, 0.1) is 12.8 Å². The van der Waals surface area contributed by atoms with Crippen LogP contribution in [0.1, 0.15) is 34.4 Å². The van der Waals surface area contributed by atoms with Crippen molar-refractivity contribution in [3.05, 3.63) is 45.9 Å². The molecule has 2 aromatic rings. The number of thioether (sulfide) groups is 1. The summed E-state index contributed by atoms with van der Waals surface area (Å²) in [7, 11) is 0. The molecule has 1 aromatic carbocycles. The number of carbonyl (C=O) groups is 1. The van der Waals surface area contributed by atoms with E-state index in [-0.39, 0.29) is 11.9 Å². The number of hydrogen-bond acceptors (Lipinski definition) is 5. The highest BCUT2D eigenvalue weighted by Crippen LogP contribution is 2.26. The summed E-state index contributed by atoms with van der Waals surface area (Å²) in [6, 6.07) is 8.18. The topological polar surface area (TPSA) is 59.2 Å². The van der Waals surface area contributed by atoms with Crippen molar-refractivity contribution in [2.24, 2.45) is 11.7 Å². The summed E-state index contributed by atoms with van der Waals surface area (Å²) >= 11 is 3.43. The minimum atomic E-state index is 0.116. The smallest absolute Gasteiger partial charge is 0.254 e. The number of aromatic nitrogens is 1. The van der Waals surface area contributed by atoms with Gasteiger partial charge in [0.2, 0.25) is 0 Å². The maximum atomic E-state index is 12.7. The van der Waals surface area contributed by atoms with Crippen molar-refractivity contribution in [3.63, 3.8) is 0 Å². The van der Waals surface area contributed by atoms with Gasteiger partial charge in [-0.3, -0.25) is 4.79 Å². The van der Waals surface area contributed by atoms with Gasteiger partial charge >= 0.3 is 0 Å². The molecule has 128 valence electrons. The van der Waals surface area contributed by atoms with Gasteiger partial charge in [-0.05, 0) is 57.0 Å². The number of benzene rings is 1. The zero-order chi connectivity index (χ0) is 17.1. The molecular formula is C18H23N3OS2. The Kier molecular flexibility index (Phi) is 5.58. The van der Waals surface area contributed by atoms with Gasteiger partial charge in [0.25, 0.3) is 5.91 Å². The molecule has 1 aromatic heterocycles. The molecular weight excluding hydrogens is 338 g/mol. The molecule has 1 fully saturated rings. The summed E-state index contributed by atoms with van der Waals surface area (Å²) in [4.78, 5) is 20.3. The van der Waals surface area contributed by atoms with E-state index >= 15 is 0 Å². The van der Waals surface area contributed by atoms with Crippen molar-refractivity contribution >= 4 is 29.0 Å². The van der Waals surface area contributed by atoms with E-state index in [0.717, 1.165) is 39.9 Å². The third-order valence-electron chi connectivity index (χ3n) is 4.41. The molecule has 1 amide bonds. The summed E-state index contributed by atoms with van der Waals surface area (Å²) in [6.07, 6.45) is 1.00. The van der Waals surface area contributed by atoms with Gasteiger partial charge in [-0.15, -0.1) is 23.1 Å². The van der Waals surface area contributed by atoms with Crippen LogP contribution in [-0.2, 0) is 5.75 Å². The maximum absolute atomic E-state index is 12.7. The number of amides is 1. The number of nitrogens with two attached hydrogens (primary N) is 1. The minimum Gasteiger partial charge on any atom is -0.336 e. The second-order valence-electron chi connectivity index (χ2n) is 6.31. The van der Waals surface area contributed by atoms with E-state index in [1.54, 1.807) is 23.1 Å². The average molecular weight is 362 g/mol. The zero-order valence-corrected chi connectivity index (χ0v) is 15.7. The number of thiazole rings is 1. The molecule has 0 saturated carbocycles. The fourth-order valence-electron chi connectivity index (χ4n) is 3.09. The number of carbonyl (C=O) groups excluding carboxylic acids is 1. The predicted octanol–water partition coefficient (Wildman–Crippen LogP) is 3.55. The number of likely N-dealkylation sites (tertiary alicyclic amines) is 1. The molecule has 1 saturated heterocycles. The minimum absolute atomic E-state index is 0.116. The lowest BCUT2D eigenvalue weighted by Crippen LogP contribution is -2.34. The van der Waals surface area contributed by atoms with Crippen LogP contribution < -0.4 is 5.73 Å². The Morgan fingerprint density at radius 1 is 1.42 bits per heavy atom. The van der Waals surface area contributed by atoms with Crippen LogP contribution in [0.2, 0.25) is 0 Å². The SMILES string of the molecule is Cc1nc(CSc2ccc(C(=O)N3CC(CN)CC3C)cc2)cs1. The Bertz CT molecular complexity index is 699. The van der Waals surface area contributed by atoms with Crippen LogP contribution in [0.3, 0.4) is 0 Å². The first-order chi connectivity index (χ1) is 11.6. The van der Waals surface area contributed by atoms with Crippen molar-refractivity contribution in [2.75, 3.05) is 13.1 Å². The fourth-order valence-corrected chi connectivity index (χ4v) is 4.60. The van der Waals surface area contributed by atoms with E-state index < -0.39 is 0 Å². The summed E-state index contributed by atoms with van der Waals surface area (Å²) < 4.78 is 0. The molecule has 1 aliphatic heterocycles. The Hall–Kier alpha value is -1.37. The monoisotopic (exact) mass is 361 g/mol. The Morgan fingerprint density at radius 2 is 2.17 bits per heavy atom. The molecule has 0 aliphatic carbocycles.